The summed E-state index contributed by atoms with van der Waals surface area (Å²) in [6.07, 6.45) is 0. The molecule has 12 rings (SSSR count). The van der Waals surface area contributed by atoms with E-state index >= 15 is 0 Å². The lowest BCUT2D eigenvalue weighted by Crippen LogP contribution is -2.25. The van der Waals surface area contributed by atoms with E-state index < -0.39 is 0 Å². The molecule has 1 nitrogen and oxygen atoms in total. The normalized spacial score (nSPS) is 13.1. The van der Waals surface area contributed by atoms with Crippen molar-refractivity contribution in [3.8, 4) is 44.5 Å². The molecule has 0 unspecified atom stereocenters. The standard InChI is InChI=1S/C55H35NS/c1-2-12-36(13-3-1)37-22-27-40(28-23-37)56(42-31-33-54-48(35-42)47-17-7-11-21-53(47)57-54)41-29-24-38(25-30-41)39-26-32-46-45-16-6-10-20-51(45)55(52(46)34-39)49-18-8-4-14-43(49)44-15-5-9-19-50(44)55/h1-35H. The number of nitrogens with zero attached hydrogens (tertiary/aromatic N) is 1. The van der Waals surface area contributed by atoms with Crippen LogP contribution in [0.2, 0.25) is 0 Å². The second-order valence-electron chi connectivity index (χ2n) is 15.2. The fourth-order valence-electron chi connectivity index (χ4n) is 9.81. The predicted molar refractivity (Wildman–Crippen MR) is 241 cm³/mol. The summed E-state index contributed by atoms with van der Waals surface area (Å²) >= 11 is 1.86. The average molecular weight is 742 g/mol. The van der Waals surface area contributed by atoms with Crippen molar-refractivity contribution >= 4 is 48.6 Å². The highest BCUT2D eigenvalue weighted by Gasteiger charge is 2.51. The monoisotopic (exact) mass is 741 g/mol. The summed E-state index contributed by atoms with van der Waals surface area (Å²) in [5.74, 6) is 0. The number of rotatable bonds is 5. The van der Waals surface area contributed by atoms with Crippen molar-refractivity contribution < 1.29 is 0 Å². The van der Waals surface area contributed by atoms with E-state index in [2.05, 4.69) is 217 Å². The van der Waals surface area contributed by atoms with E-state index in [0.29, 0.717) is 0 Å². The molecule has 0 amide bonds. The maximum Gasteiger partial charge on any atom is 0.0725 e. The van der Waals surface area contributed by atoms with Crippen molar-refractivity contribution in [2.24, 2.45) is 0 Å². The minimum Gasteiger partial charge on any atom is -0.310 e. The van der Waals surface area contributed by atoms with E-state index in [9.17, 15) is 0 Å². The van der Waals surface area contributed by atoms with Gasteiger partial charge in [0.25, 0.3) is 0 Å². The lowest BCUT2D eigenvalue weighted by Gasteiger charge is -2.30. The molecule has 57 heavy (non-hydrogen) atoms. The van der Waals surface area contributed by atoms with Crippen molar-refractivity contribution in [3.63, 3.8) is 0 Å². The second kappa shape index (κ2) is 12.5. The fraction of sp³-hybridized carbons (Fsp3) is 0.0182. The van der Waals surface area contributed by atoms with Crippen LogP contribution in [0.1, 0.15) is 22.3 Å². The molecule has 0 atom stereocenters. The van der Waals surface area contributed by atoms with Gasteiger partial charge in [-0.2, -0.15) is 0 Å². The highest BCUT2D eigenvalue weighted by molar-refractivity contribution is 7.25. The number of anilines is 3. The van der Waals surface area contributed by atoms with Gasteiger partial charge in [-0.3, -0.25) is 0 Å². The van der Waals surface area contributed by atoms with Gasteiger partial charge in [-0.15, -0.1) is 11.3 Å². The second-order valence-corrected chi connectivity index (χ2v) is 16.3. The molecular formula is C55H35NS. The molecule has 2 aliphatic rings. The Labute approximate surface area is 336 Å². The Balaban J connectivity index is 0.989. The third-order valence-corrected chi connectivity index (χ3v) is 13.5. The SMILES string of the molecule is c1ccc(-c2ccc(N(c3ccc(-c4ccc5c(c4)C4(c6ccccc6-c6ccccc64)c4ccccc4-5)cc3)c3ccc4sc5ccccc5c4c3)cc2)cc1. The maximum atomic E-state index is 2.47. The van der Waals surface area contributed by atoms with Gasteiger partial charge in [0.2, 0.25) is 0 Å². The molecule has 0 saturated heterocycles. The molecule has 10 aromatic rings. The van der Waals surface area contributed by atoms with Crippen molar-refractivity contribution in [3.05, 3.63) is 235 Å². The molecule has 0 N–H and O–H groups in total. The first-order chi connectivity index (χ1) is 28.3. The number of hydrogen-bond acceptors (Lipinski definition) is 2. The van der Waals surface area contributed by atoms with Crippen LogP contribution in [0.3, 0.4) is 0 Å². The first-order valence-electron chi connectivity index (χ1n) is 19.7. The molecule has 0 fully saturated rings. The van der Waals surface area contributed by atoms with E-state index in [0.717, 1.165) is 17.1 Å². The van der Waals surface area contributed by atoms with E-state index in [4.69, 9.17) is 0 Å². The van der Waals surface area contributed by atoms with E-state index in [-0.39, 0.29) is 5.41 Å². The molecular weight excluding hydrogens is 707 g/mol. The molecule has 1 heterocycles. The van der Waals surface area contributed by atoms with Gasteiger partial charge in [-0.05, 0) is 121 Å². The highest BCUT2D eigenvalue weighted by Crippen LogP contribution is 2.63. The molecule has 0 radical (unpaired) electrons. The first kappa shape index (κ1) is 32.3. The maximum absolute atomic E-state index is 2.47. The van der Waals surface area contributed by atoms with Crippen LogP contribution in [0.4, 0.5) is 17.1 Å². The Morgan fingerprint density at radius 1 is 0.298 bits per heavy atom. The molecule has 0 saturated carbocycles. The van der Waals surface area contributed by atoms with Gasteiger partial charge in [0.05, 0.1) is 5.41 Å². The summed E-state index contributed by atoms with van der Waals surface area (Å²) in [7, 11) is 0. The summed E-state index contributed by atoms with van der Waals surface area (Å²) in [4.78, 5) is 2.39. The molecule has 0 aliphatic heterocycles. The fourth-order valence-corrected chi connectivity index (χ4v) is 10.9. The zero-order valence-electron chi connectivity index (χ0n) is 31.1. The third kappa shape index (κ3) is 4.75. The first-order valence-corrected chi connectivity index (χ1v) is 20.5. The highest BCUT2D eigenvalue weighted by atomic mass is 32.1. The van der Waals surface area contributed by atoms with Gasteiger partial charge in [-0.1, -0.05) is 158 Å². The summed E-state index contributed by atoms with van der Waals surface area (Å²) in [5, 5.41) is 2.59. The van der Waals surface area contributed by atoms with Crippen molar-refractivity contribution in [1.29, 1.82) is 0 Å². The topological polar surface area (TPSA) is 3.24 Å². The molecule has 266 valence electrons. The summed E-state index contributed by atoms with van der Waals surface area (Å²) in [6, 6.07) is 78.6. The third-order valence-electron chi connectivity index (χ3n) is 12.3. The lowest BCUT2D eigenvalue weighted by molar-refractivity contribution is 0.794. The summed E-state index contributed by atoms with van der Waals surface area (Å²) in [6.45, 7) is 0. The van der Waals surface area contributed by atoms with Gasteiger partial charge in [-0.25, -0.2) is 0 Å². The van der Waals surface area contributed by atoms with Crippen LogP contribution < -0.4 is 4.90 Å². The Morgan fingerprint density at radius 2 is 0.754 bits per heavy atom. The quantitative estimate of drug-likeness (QED) is 0.170. The summed E-state index contributed by atoms with van der Waals surface area (Å²) < 4.78 is 2.62. The minimum absolute atomic E-state index is 0.359. The van der Waals surface area contributed by atoms with Gasteiger partial charge in [0, 0.05) is 37.2 Å². The van der Waals surface area contributed by atoms with E-state index in [1.807, 2.05) is 11.3 Å². The smallest absolute Gasteiger partial charge is 0.0725 e. The van der Waals surface area contributed by atoms with E-state index in [1.165, 1.54) is 86.9 Å². The average Bonchev–Trinajstić information content (AvgIpc) is 3.91. The van der Waals surface area contributed by atoms with Gasteiger partial charge < -0.3 is 4.90 Å². The van der Waals surface area contributed by atoms with Crippen LogP contribution in [0.15, 0.2) is 212 Å². The number of thiophene rings is 1. The minimum atomic E-state index is -0.359. The van der Waals surface area contributed by atoms with Crippen molar-refractivity contribution in [2.75, 3.05) is 4.90 Å². The molecule has 2 heteroatoms. The van der Waals surface area contributed by atoms with Gasteiger partial charge >= 0.3 is 0 Å². The Morgan fingerprint density at radius 3 is 1.39 bits per heavy atom. The molecule has 1 spiro atoms. The van der Waals surface area contributed by atoms with Crippen molar-refractivity contribution in [1.82, 2.24) is 0 Å². The van der Waals surface area contributed by atoms with Crippen LogP contribution in [0.5, 0.6) is 0 Å². The number of benzene rings is 9. The molecule has 2 aliphatic carbocycles. The Kier molecular flexibility index (Phi) is 7.08. The van der Waals surface area contributed by atoms with Crippen LogP contribution in [-0.2, 0) is 5.41 Å². The molecule has 1 aromatic heterocycles. The van der Waals surface area contributed by atoms with Crippen LogP contribution >= 0.6 is 11.3 Å². The van der Waals surface area contributed by atoms with Gasteiger partial charge in [0.15, 0.2) is 0 Å². The van der Waals surface area contributed by atoms with E-state index in [1.54, 1.807) is 0 Å². The largest absolute Gasteiger partial charge is 0.310 e. The lowest BCUT2D eigenvalue weighted by atomic mass is 9.70. The van der Waals surface area contributed by atoms with Crippen LogP contribution in [-0.4, -0.2) is 0 Å². The summed E-state index contributed by atoms with van der Waals surface area (Å²) in [5.41, 5.74) is 18.6. The van der Waals surface area contributed by atoms with Crippen LogP contribution in [0, 0.1) is 0 Å². The molecule has 9 aromatic carbocycles. The number of fused-ring (bicyclic) bond motifs is 13. The zero-order valence-corrected chi connectivity index (χ0v) is 31.9. The predicted octanol–water partition coefficient (Wildman–Crippen LogP) is 15.2. The Hall–Kier alpha value is -7.00. The van der Waals surface area contributed by atoms with Crippen molar-refractivity contribution in [2.45, 2.75) is 5.41 Å². The Bertz CT molecular complexity index is 3110. The number of hydrogen-bond donors (Lipinski definition) is 0. The van der Waals surface area contributed by atoms with Crippen LogP contribution in [0.25, 0.3) is 64.7 Å². The van der Waals surface area contributed by atoms with Gasteiger partial charge in [0.1, 0.15) is 0 Å². The zero-order chi connectivity index (χ0) is 37.5. The molecule has 0 bridgehead atoms.